The zero-order valence-corrected chi connectivity index (χ0v) is 12.0. The maximum atomic E-state index is 13.2. The van der Waals surface area contributed by atoms with Crippen LogP contribution in [-0.4, -0.2) is 18.8 Å². The first kappa shape index (κ1) is 14.0. The normalized spacial score (nSPS) is 28.9. The lowest BCUT2D eigenvalue weighted by atomic mass is 9.66. The number of halogens is 1. The maximum Gasteiger partial charge on any atom is 0.123 e. The van der Waals surface area contributed by atoms with E-state index in [4.69, 9.17) is 10.5 Å². The van der Waals surface area contributed by atoms with Gasteiger partial charge in [0.05, 0.1) is 5.60 Å². The molecule has 1 aromatic carbocycles. The molecule has 1 atom stereocenters. The Balaban J connectivity index is 1.92. The van der Waals surface area contributed by atoms with Crippen LogP contribution in [0.3, 0.4) is 0 Å². The second-order valence-electron chi connectivity index (χ2n) is 6.49. The molecule has 2 nitrogen and oxygen atoms in total. The van der Waals surface area contributed by atoms with E-state index in [0.29, 0.717) is 6.54 Å². The smallest absolute Gasteiger partial charge is 0.123 e. The minimum Gasteiger partial charge on any atom is -0.375 e. The van der Waals surface area contributed by atoms with Crippen molar-refractivity contribution < 1.29 is 9.13 Å². The second kappa shape index (κ2) is 5.45. The molecule has 3 heteroatoms. The first-order valence-corrected chi connectivity index (χ1v) is 7.78. The summed E-state index contributed by atoms with van der Waals surface area (Å²) in [6.45, 7) is 1.48. The standard InChI is InChI=1S/C17H24FNO/c18-15-5-3-14(4-6-15)16(9-11-19)10-12-20-17(13-16)7-1-2-8-17/h3-6H,1-2,7-13,19H2/t16-/m0/s1. The fraction of sp³-hybridized carbons (Fsp3) is 0.647. The van der Waals surface area contributed by atoms with Crippen molar-refractivity contribution in [3.05, 3.63) is 35.6 Å². The lowest BCUT2D eigenvalue weighted by Crippen LogP contribution is -2.46. The molecule has 1 aromatic rings. The zero-order valence-electron chi connectivity index (χ0n) is 12.0. The molecule has 0 bridgehead atoms. The molecule has 2 aliphatic rings. The van der Waals surface area contributed by atoms with Crippen LogP contribution < -0.4 is 5.73 Å². The van der Waals surface area contributed by atoms with Gasteiger partial charge in [-0.1, -0.05) is 25.0 Å². The summed E-state index contributed by atoms with van der Waals surface area (Å²) in [5, 5.41) is 0. The predicted molar refractivity (Wildman–Crippen MR) is 78.1 cm³/mol. The third kappa shape index (κ3) is 2.49. The largest absolute Gasteiger partial charge is 0.375 e. The average molecular weight is 277 g/mol. The van der Waals surface area contributed by atoms with Crippen LogP contribution in [0.4, 0.5) is 4.39 Å². The van der Waals surface area contributed by atoms with E-state index in [1.54, 1.807) is 12.1 Å². The lowest BCUT2D eigenvalue weighted by molar-refractivity contribution is -0.103. The van der Waals surface area contributed by atoms with E-state index in [1.807, 2.05) is 12.1 Å². The van der Waals surface area contributed by atoms with Gasteiger partial charge in [0.1, 0.15) is 5.82 Å². The van der Waals surface area contributed by atoms with Crippen LogP contribution in [0.1, 0.15) is 50.5 Å². The van der Waals surface area contributed by atoms with Crippen LogP contribution >= 0.6 is 0 Å². The van der Waals surface area contributed by atoms with Gasteiger partial charge >= 0.3 is 0 Å². The van der Waals surface area contributed by atoms with Crippen LogP contribution in [-0.2, 0) is 10.2 Å². The van der Waals surface area contributed by atoms with Gasteiger partial charge in [-0.2, -0.15) is 0 Å². The monoisotopic (exact) mass is 277 g/mol. The van der Waals surface area contributed by atoms with E-state index in [9.17, 15) is 4.39 Å². The molecule has 0 radical (unpaired) electrons. The molecular formula is C17H24FNO. The highest BCUT2D eigenvalue weighted by atomic mass is 19.1. The summed E-state index contributed by atoms with van der Waals surface area (Å²) in [6.07, 6.45) is 7.87. The van der Waals surface area contributed by atoms with Crippen molar-refractivity contribution in [2.24, 2.45) is 5.73 Å². The highest BCUT2D eigenvalue weighted by molar-refractivity contribution is 5.28. The van der Waals surface area contributed by atoms with Crippen molar-refractivity contribution in [1.29, 1.82) is 0 Å². The summed E-state index contributed by atoms with van der Waals surface area (Å²) in [4.78, 5) is 0. The van der Waals surface area contributed by atoms with E-state index >= 15 is 0 Å². The second-order valence-corrected chi connectivity index (χ2v) is 6.49. The molecule has 0 aromatic heterocycles. The topological polar surface area (TPSA) is 35.2 Å². The Hall–Kier alpha value is -0.930. The van der Waals surface area contributed by atoms with Crippen molar-refractivity contribution in [3.8, 4) is 0 Å². The summed E-state index contributed by atoms with van der Waals surface area (Å²) in [6, 6.07) is 7.03. The van der Waals surface area contributed by atoms with Crippen LogP contribution in [0.5, 0.6) is 0 Å². The highest BCUT2D eigenvalue weighted by Crippen LogP contribution is 2.49. The molecule has 1 aliphatic carbocycles. The number of rotatable bonds is 3. The SMILES string of the molecule is NCC[C@]1(c2ccc(F)cc2)CCOC2(CCCC2)C1. The Kier molecular flexibility index (Phi) is 3.83. The van der Waals surface area contributed by atoms with Gasteiger partial charge in [-0.3, -0.25) is 0 Å². The molecule has 0 unspecified atom stereocenters. The van der Waals surface area contributed by atoms with Crippen molar-refractivity contribution in [2.75, 3.05) is 13.2 Å². The zero-order chi connectivity index (χ0) is 14.1. The third-order valence-corrected chi connectivity index (χ3v) is 5.24. The van der Waals surface area contributed by atoms with Crippen molar-refractivity contribution >= 4 is 0 Å². The van der Waals surface area contributed by atoms with Gasteiger partial charge < -0.3 is 10.5 Å². The van der Waals surface area contributed by atoms with E-state index in [-0.39, 0.29) is 16.8 Å². The van der Waals surface area contributed by atoms with E-state index in [2.05, 4.69) is 0 Å². The van der Waals surface area contributed by atoms with Crippen LogP contribution in [0.25, 0.3) is 0 Å². The fourth-order valence-corrected chi connectivity index (χ4v) is 4.24. The number of benzene rings is 1. The van der Waals surface area contributed by atoms with Gasteiger partial charge in [-0.25, -0.2) is 4.39 Å². The summed E-state index contributed by atoms with van der Waals surface area (Å²) in [7, 11) is 0. The van der Waals surface area contributed by atoms with E-state index in [1.165, 1.54) is 31.2 Å². The first-order chi connectivity index (χ1) is 9.68. The number of hydrogen-bond donors (Lipinski definition) is 1. The van der Waals surface area contributed by atoms with Crippen molar-refractivity contribution in [3.63, 3.8) is 0 Å². The summed E-state index contributed by atoms with van der Waals surface area (Å²) in [5.41, 5.74) is 7.25. The molecule has 0 amide bonds. The number of nitrogens with two attached hydrogens (primary N) is 1. The molecule has 1 heterocycles. The Labute approximate surface area is 120 Å². The molecule has 1 saturated heterocycles. The fourth-order valence-electron chi connectivity index (χ4n) is 4.24. The molecule has 2 fully saturated rings. The van der Waals surface area contributed by atoms with Gasteiger partial charge in [0.2, 0.25) is 0 Å². The molecule has 1 saturated carbocycles. The quantitative estimate of drug-likeness (QED) is 0.917. The lowest BCUT2D eigenvalue weighted by Gasteiger charge is -2.47. The predicted octanol–water partition coefficient (Wildman–Crippen LogP) is 3.54. The van der Waals surface area contributed by atoms with Gasteiger partial charge in [0.15, 0.2) is 0 Å². The van der Waals surface area contributed by atoms with E-state index < -0.39 is 0 Å². The molecule has 110 valence electrons. The Morgan fingerprint density at radius 1 is 1.10 bits per heavy atom. The highest BCUT2D eigenvalue weighted by Gasteiger charge is 2.47. The minimum absolute atomic E-state index is 0.0573. The maximum absolute atomic E-state index is 13.2. The van der Waals surface area contributed by atoms with Crippen molar-refractivity contribution in [1.82, 2.24) is 0 Å². The Morgan fingerprint density at radius 3 is 2.45 bits per heavy atom. The van der Waals surface area contributed by atoms with Crippen LogP contribution in [0.15, 0.2) is 24.3 Å². The van der Waals surface area contributed by atoms with Gasteiger partial charge in [-0.05, 0) is 56.3 Å². The molecule has 2 N–H and O–H groups in total. The van der Waals surface area contributed by atoms with E-state index in [0.717, 1.165) is 25.9 Å². The number of hydrogen-bond acceptors (Lipinski definition) is 2. The average Bonchev–Trinajstić information content (AvgIpc) is 2.87. The summed E-state index contributed by atoms with van der Waals surface area (Å²) in [5.74, 6) is -0.167. The molecule has 1 aliphatic heterocycles. The summed E-state index contributed by atoms with van der Waals surface area (Å²) < 4.78 is 19.4. The first-order valence-electron chi connectivity index (χ1n) is 7.78. The van der Waals surface area contributed by atoms with Gasteiger partial charge in [0, 0.05) is 12.0 Å². The third-order valence-electron chi connectivity index (χ3n) is 5.24. The summed E-state index contributed by atoms with van der Waals surface area (Å²) >= 11 is 0. The molecule has 20 heavy (non-hydrogen) atoms. The van der Waals surface area contributed by atoms with Crippen LogP contribution in [0.2, 0.25) is 0 Å². The Morgan fingerprint density at radius 2 is 1.80 bits per heavy atom. The van der Waals surface area contributed by atoms with Gasteiger partial charge in [0.25, 0.3) is 0 Å². The van der Waals surface area contributed by atoms with Gasteiger partial charge in [-0.15, -0.1) is 0 Å². The Bertz CT molecular complexity index is 449. The van der Waals surface area contributed by atoms with Crippen molar-refractivity contribution in [2.45, 2.75) is 56.0 Å². The molecular weight excluding hydrogens is 253 g/mol. The van der Waals surface area contributed by atoms with Crippen LogP contribution in [0, 0.1) is 5.82 Å². The molecule has 1 spiro atoms. The minimum atomic E-state index is -0.167. The molecule has 3 rings (SSSR count). The number of ether oxygens (including phenoxy) is 1.